The summed E-state index contributed by atoms with van der Waals surface area (Å²) < 4.78 is 0. The molecule has 1 aliphatic heterocycles. The van der Waals surface area contributed by atoms with Gasteiger partial charge in [-0.15, -0.1) is 0 Å². The summed E-state index contributed by atoms with van der Waals surface area (Å²) in [7, 11) is 0. The van der Waals surface area contributed by atoms with E-state index in [1.807, 2.05) is 49.4 Å². The van der Waals surface area contributed by atoms with Crippen molar-refractivity contribution in [1.29, 1.82) is 5.26 Å². The third kappa shape index (κ3) is 3.67. The fourth-order valence-corrected chi connectivity index (χ4v) is 2.76. The average molecular weight is 304 g/mol. The molecule has 0 aromatic heterocycles. The molecule has 3 nitrogen and oxygen atoms in total. The molecule has 1 aromatic carbocycles. The maximum atomic E-state index is 12.0. The molecule has 0 unspecified atom stereocenters. The molecule has 0 spiro atoms. The summed E-state index contributed by atoms with van der Waals surface area (Å²) in [5.74, 6) is -0.0786. The number of hydrogen-bond acceptors (Lipinski definition) is 2. The van der Waals surface area contributed by atoms with Crippen molar-refractivity contribution in [1.82, 2.24) is 4.90 Å². The molecule has 116 valence electrons. The van der Waals surface area contributed by atoms with Crippen LogP contribution >= 0.6 is 0 Å². The molecule has 23 heavy (non-hydrogen) atoms. The monoisotopic (exact) mass is 304 g/mol. The Balaban J connectivity index is 2.41. The van der Waals surface area contributed by atoms with Crippen molar-refractivity contribution >= 4 is 5.91 Å². The predicted molar refractivity (Wildman–Crippen MR) is 92.6 cm³/mol. The van der Waals surface area contributed by atoms with Crippen molar-refractivity contribution < 1.29 is 4.79 Å². The van der Waals surface area contributed by atoms with Gasteiger partial charge in [0.05, 0.1) is 11.6 Å². The molecule has 1 amide bonds. The molecule has 3 heteroatoms. The Kier molecular flexibility index (Phi) is 5.32. The SMILES string of the molecule is C=CC(=O)N1Cc2cc(C#N)ccc2[C@@H](C(=C)/C=C\C=C/C)C1. The Morgan fingerprint density at radius 1 is 1.43 bits per heavy atom. The topological polar surface area (TPSA) is 44.1 Å². The van der Waals surface area contributed by atoms with Crippen molar-refractivity contribution in [3.05, 3.63) is 84.0 Å². The molecular formula is C20H20N2O. The van der Waals surface area contributed by atoms with Crippen molar-refractivity contribution in [2.75, 3.05) is 6.54 Å². The second kappa shape index (κ2) is 7.42. The lowest BCUT2D eigenvalue weighted by Gasteiger charge is -2.34. The minimum Gasteiger partial charge on any atom is -0.334 e. The van der Waals surface area contributed by atoms with Crippen LogP contribution in [0.1, 0.15) is 29.5 Å². The third-order valence-electron chi connectivity index (χ3n) is 3.96. The van der Waals surface area contributed by atoms with Gasteiger partial charge in [0.15, 0.2) is 0 Å². The third-order valence-corrected chi connectivity index (χ3v) is 3.96. The minimum absolute atomic E-state index is 0.0249. The van der Waals surface area contributed by atoms with Gasteiger partial charge in [0, 0.05) is 19.0 Å². The quantitative estimate of drug-likeness (QED) is 0.626. The van der Waals surface area contributed by atoms with E-state index in [2.05, 4.69) is 19.2 Å². The van der Waals surface area contributed by atoms with Gasteiger partial charge in [-0.3, -0.25) is 4.79 Å². The Morgan fingerprint density at radius 3 is 2.87 bits per heavy atom. The van der Waals surface area contributed by atoms with Gasteiger partial charge < -0.3 is 4.90 Å². The van der Waals surface area contributed by atoms with Gasteiger partial charge in [-0.1, -0.05) is 43.5 Å². The van der Waals surface area contributed by atoms with E-state index in [9.17, 15) is 4.79 Å². The van der Waals surface area contributed by atoms with E-state index in [1.165, 1.54) is 6.08 Å². The normalized spacial score (nSPS) is 17.0. The van der Waals surface area contributed by atoms with E-state index in [-0.39, 0.29) is 11.8 Å². The number of nitriles is 1. The number of amides is 1. The van der Waals surface area contributed by atoms with Gasteiger partial charge in [-0.25, -0.2) is 0 Å². The predicted octanol–water partition coefficient (Wildman–Crippen LogP) is 3.86. The summed E-state index contributed by atoms with van der Waals surface area (Å²) in [6, 6.07) is 7.80. The fraction of sp³-hybridized carbons (Fsp3) is 0.200. The minimum atomic E-state index is -0.103. The molecule has 0 saturated carbocycles. The van der Waals surface area contributed by atoms with Crippen LogP contribution in [-0.2, 0) is 11.3 Å². The van der Waals surface area contributed by atoms with Crippen LogP contribution in [0, 0.1) is 11.3 Å². The molecule has 0 aliphatic carbocycles. The van der Waals surface area contributed by atoms with Crippen molar-refractivity contribution in [3.8, 4) is 6.07 Å². The van der Waals surface area contributed by atoms with Gasteiger partial charge in [-0.05, 0) is 41.8 Å². The smallest absolute Gasteiger partial charge is 0.246 e. The van der Waals surface area contributed by atoms with Crippen LogP contribution in [0.15, 0.2) is 67.3 Å². The van der Waals surface area contributed by atoms with Crippen LogP contribution in [0.3, 0.4) is 0 Å². The number of nitrogens with zero attached hydrogens (tertiary/aromatic N) is 2. The highest BCUT2D eigenvalue weighted by molar-refractivity contribution is 5.87. The number of benzene rings is 1. The summed E-state index contributed by atoms with van der Waals surface area (Å²) in [5, 5.41) is 9.10. The van der Waals surface area contributed by atoms with E-state index in [0.717, 1.165) is 16.7 Å². The zero-order valence-corrected chi connectivity index (χ0v) is 13.3. The average Bonchev–Trinajstić information content (AvgIpc) is 2.59. The summed E-state index contributed by atoms with van der Waals surface area (Å²) in [6.45, 7) is 10.8. The zero-order chi connectivity index (χ0) is 16.8. The number of carbonyl (C=O) groups excluding carboxylic acids is 1. The molecule has 1 atom stereocenters. The van der Waals surface area contributed by atoms with E-state index in [0.29, 0.717) is 18.7 Å². The number of fused-ring (bicyclic) bond motifs is 1. The first-order valence-corrected chi connectivity index (χ1v) is 7.53. The van der Waals surface area contributed by atoms with Gasteiger partial charge in [0.25, 0.3) is 0 Å². The largest absolute Gasteiger partial charge is 0.334 e. The van der Waals surface area contributed by atoms with Crippen molar-refractivity contribution in [3.63, 3.8) is 0 Å². The second-order valence-electron chi connectivity index (χ2n) is 5.46. The summed E-state index contributed by atoms with van der Waals surface area (Å²) >= 11 is 0. The fourth-order valence-electron chi connectivity index (χ4n) is 2.76. The Hall–Kier alpha value is -2.86. The number of rotatable bonds is 4. The molecular weight excluding hydrogens is 284 g/mol. The van der Waals surface area contributed by atoms with E-state index in [4.69, 9.17) is 5.26 Å². The maximum absolute atomic E-state index is 12.0. The summed E-state index contributed by atoms with van der Waals surface area (Å²) in [5.41, 5.74) is 3.67. The molecule has 0 fully saturated rings. The molecule has 0 N–H and O–H groups in total. The molecule has 0 bridgehead atoms. The van der Waals surface area contributed by atoms with Gasteiger partial charge >= 0.3 is 0 Å². The van der Waals surface area contributed by atoms with Crippen LogP contribution in [-0.4, -0.2) is 17.4 Å². The lowest BCUT2D eigenvalue weighted by atomic mass is 9.84. The Morgan fingerprint density at radius 2 is 2.22 bits per heavy atom. The molecule has 1 heterocycles. The van der Waals surface area contributed by atoms with Crippen LogP contribution in [0.4, 0.5) is 0 Å². The lowest BCUT2D eigenvalue weighted by Crippen LogP contribution is -2.37. The molecule has 1 aromatic rings. The van der Waals surface area contributed by atoms with Gasteiger partial charge in [-0.2, -0.15) is 5.26 Å². The summed E-state index contributed by atoms with van der Waals surface area (Å²) in [4.78, 5) is 13.8. The molecule has 1 aliphatic rings. The lowest BCUT2D eigenvalue weighted by molar-refractivity contribution is -0.127. The van der Waals surface area contributed by atoms with E-state index < -0.39 is 0 Å². The number of hydrogen-bond donors (Lipinski definition) is 0. The first kappa shape index (κ1) is 16.5. The Bertz CT molecular complexity index is 734. The second-order valence-corrected chi connectivity index (χ2v) is 5.46. The zero-order valence-electron chi connectivity index (χ0n) is 13.3. The highest BCUT2D eigenvalue weighted by Crippen LogP contribution is 2.34. The van der Waals surface area contributed by atoms with Gasteiger partial charge in [0.2, 0.25) is 5.91 Å². The first-order valence-electron chi connectivity index (χ1n) is 7.53. The standard InChI is InChI=1S/C20H20N2O/c1-4-6-7-8-15(3)19-14-22(20(23)5-2)13-17-11-16(12-21)9-10-18(17)19/h4-11,19H,2-3,13-14H2,1H3/b6-4-,8-7-/t19-/m1/s1. The van der Waals surface area contributed by atoms with E-state index >= 15 is 0 Å². The van der Waals surface area contributed by atoms with Crippen LogP contribution in [0.5, 0.6) is 0 Å². The highest BCUT2D eigenvalue weighted by atomic mass is 16.2. The molecule has 2 rings (SSSR count). The van der Waals surface area contributed by atoms with Crippen LogP contribution in [0.25, 0.3) is 0 Å². The molecule has 0 radical (unpaired) electrons. The number of allylic oxidation sites excluding steroid dienone is 4. The first-order chi connectivity index (χ1) is 11.1. The van der Waals surface area contributed by atoms with Crippen molar-refractivity contribution in [2.24, 2.45) is 0 Å². The van der Waals surface area contributed by atoms with Crippen LogP contribution < -0.4 is 0 Å². The van der Waals surface area contributed by atoms with Gasteiger partial charge in [0.1, 0.15) is 0 Å². The van der Waals surface area contributed by atoms with Crippen molar-refractivity contribution in [2.45, 2.75) is 19.4 Å². The highest BCUT2D eigenvalue weighted by Gasteiger charge is 2.28. The maximum Gasteiger partial charge on any atom is 0.246 e. The summed E-state index contributed by atoms with van der Waals surface area (Å²) in [6.07, 6.45) is 9.13. The van der Waals surface area contributed by atoms with E-state index in [1.54, 1.807) is 4.90 Å². The van der Waals surface area contributed by atoms with Crippen LogP contribution in [0.2, 0.25) is 0 Å². The molecule has 0 saturated heterocycles. The Labute approximate surface area is 137 Å². The number of carbonyl (C=O) groups is 1.